The Balaban J connectivity index is 1.22. The smallest absolute Gasteiger partial charge is 0.245 e. The van der Waals surface area contributed by atoms with Crippen LogP contribution in [-0.4, -0.2) is 99.1 Å². The molecule has 1 aliphatic rings. The molecule has 2 aromatic carbocycles. The summed E-state index contributed by atoms with van der Waals surface area (Å²) in [7, 11) is 0. The highest BCUT2D eigenvalue weighted by molar-refractivity contribution is 5.96. The van der Waals surface area contributed by atoms with E-state index in [0.29, 0.717) is 5.69 Å². The fourth-order valence-corrected chi connectivity index (χ4v) is 5.81. The second-order valence-electron chi connectivity index (χ2n) is 12.1. The molecule has 2 aromatic heterocycles. The number of H-pyrrole nitrogens is 2. The van der Waals surface area contributed by atoms with Crippen LogP contribution in [0.25, 0.3) is 10.9 Å². The van der Waals surface area contributed by atoms with Gasteiger partial charge in [0.25, 0.3) is 0 Å². The third kappa shape index (κ3) is 9.31. The van der Waals surface area contributed by atoms with Crippen molar-refractivity contribution in [3.8, 4) is 0 Å². The van der Waals surface area contributed by atoms with Crippen molar-refractivity contribution in [2.75, 3.05) is 19.6 Å². The summed E-state index contributed by atoms with van der Waals surface area (Å²) in [6.45, 7) is -0.593. The van der Waals surface area contributed by atoms with Crippen molar-refractivity contribution in [1.82, 2.24) is 41.1 Å². The first-order valence-corrected chi connectivity index (χ1v) is 16.1. The molecule has 10 N–H and O–H groups in total. The van der Waals surface area contributed by atoms with Crippen LogP contribution in [0.15, 0.2) is 73.3 Å². The lowest BCUT2D eigenvalue weighted by molar-refractivity contribution is -0.137. The maximum Gasteiger partial charge on any atom is 0.245 e. The number of imidazole rings is 1. The summed E-state index contributed by atoms with van der Waals surface area (Å²) in [5, 5.41) is 11.4. The number of fused-ring (bicyclic) bond motifs is 1. The molecule has 1 saturated heterocycles. The van der Waals surface area contributed by atoms with Crippen molar-refractivity contribution in [2.24, 2.45) is 11.5 Å². The largest absolute Gasteiger partial charge is 0.368 e. The Morgan fingerprint density at radius 1 is 0.900 bits per heavy atom. The van der Waals surface area contributed by atoms with Crippen molar-refractivity contribution < 1.29 is 28.8 Å². The average molecular weight is 685 g/mol. The van der Waals surface area contributed by atoms with E-state index in [1.165, 1.54) is 11.2 Å². The molecular formula is C34H40N10O6. The topological polar surface area (TPSA) is 250 Å². The van der Waals surface area contributed by atoms with Gasteiger partial charge in [0.2, 0.25) is 35.4 Å². The van der Waals surface area contributed by atoms with E-state index in [4.69, 9.17) is 11.5 Å². The van der Waals surface area contributed by atoms with Gasteiger partial charge in [0.15, 0.2) is 0 Å². The van der Waals surface area contributed by atoms with E-state index in [-0.39, 0.29) is 38.8 Å². The quantitative estimate of drug-likeness (QED) is 0.0691. The highest BCUT2D eigenvalue weighted by Gasteiger charge is 2.36. The molecule has 0 bridgehead atoms. The van der Waals surface area contributed by atoms with Crippen LogP contribution < -0.4 is 32.7 Å². The number of nitrogens with one attached hydrogen (secondary N) is 6. The van der Waals surface area contributed by atoms with Crippen molar-refractivity contribution in [3.63, 3.8) is 0 Å². The number of nitrogens with zero attached hydrogens (tertiary/aromatic N) is 2. The molecule has 0 radical (unpaired) electrons. The van der Waals surface area contributed by atoms with Gasteiger partial charge in [-0.2, -0.15) is 0 Å². The number of likely N-dealkylation sites (tertiary alicyclic amines) is 1. The molecule has 4 unspecified atom stereocenters. The molecule has 1 fully saturated rings. The van der Waals surface area contributed by atoms with Crippen LogP contribution in [0.3, 0.4) is 0 Å². The predicted octanol–water partition coefficient (Wildman–Crippen LogP) is -1.47. The van der Waals surface area contributed by atoms with E-state index in [1.54, 1.807) is 36.7 Å². The Labute approximate surface area is 287 Å². The molecule has 6 amide bonds. The Morgan fingerprint density at radius 3 is 2.38 bits per heavy atom. The second kappa shape index (κ2) is 16.4. The van der Waals surface area contributed by atoms with Crippen molar-refractivity contribution in [1.29, 1.82) is 0 Å². The highest BCUT2D eigenvalue weighted by atomic mass is 16.2. The second-order valence-corrected chi connectivity index (χ2v) is 12.1. The molecule has 4 atom stereocenters. The minimum Gasteiger partial charge on any atom is -0.368 e. The molecule has 50 heavy (non-hydrogen) atoms. The predicted molar refractivity (Wildman–Crippen MR) is 182 cm³/mol. The number of primary amides is 1. The highest BCUT2D eigenvalue weighted by Crippen LogP contribution is 2.20. The normalized spacial score (nSPS) is 16.0. The molecule has 0 aliphatic carbocycles. The van der Waals surface area contributed by atoms with Crippen LogP contribution in [-0.2, 0) is 48.0 Å². The lowest BCUT2D eigenvalue weighted by Gasteiger charge is -2.23. The zero-order valence-electron chi connectivity index (χ0n) is 27.2. The first-order chi connectivity index (χ1) is 24.1. The summed E-state index contributed by atoms with van der Waals surface area (Å²) in [4.78, 5) is 88.6. The number of para-hydroxylation sites is 1. The number of hydrogen-bond acceptors (Lipinski definition) is 8. The third-order valence-corrected chi connectivity index (χ3v) is 8.38. The fraction of sp³-hybridized carbons (Fsp3) is 0.324. The molecule has 3 heterocycles. The maximum absolute atomic E-state index is 13.7. The number of carbonyl (C=O) groups is 6. The summed E-state index contributed by atoms with van der Waals surface area (Å²) < 4.78 is 0. The number of amides is 6. The summed E-state index contributed by atoms with van der Waals surface area (Å²) in [6, 6.07) is 12.5. The average Bonchev–Trinajstić information content (AvgIpc) is 3.85. The molecule has 16 nitrogen and oxygen atoms in total. The van der Waals surface area contributed by atoms with E-state index in [1.807, 2.05) is 30.3 Å². The zero-order chi connectivity index (χ0) is 35.6. The first-order valence-electron chi connectivity index (χ1n) is 16.1. The van der Waals surface area contributed by atoms with E-state index in [2.05, 4.69) is 36.2 Å². The van der Waals surface area contributed by atoms with Crippen LogP contribution in [0.1, 0.15) is 23.2 Å². The van der Waals surface area contributed by atoms with E-state index >= 15 is 0 Å². The Kier molecular flexibility index (Phi) is 11.6. The van der Waals surface area contributed by atoms with Gasteiger partial charge in [0, 0.05) is 54.8 Å². The molecule has 4 aromatic rings. The molecule has 1 aliphatic heterocycles. The molecule has 0 saturated carbocycles. The van der Waals surface area contributed by atoms with Crippen LogP contribution in [0.4, 0.5) is 0 Å². The van der Waals surface area contributed by atoms with Gasteiger partial charge in [0.05, 0.1) is 25.5 Å². The number of aromatic amines is 2. The van der Waals surface area contributed by atoms with E-state index < -0.39 is 66.2 Å². The van der Waals surface area contributed by atoms with Gasteiger partial charge < -0.3 is 47.6 Å². The van der Waals surface area contributed by atoms with Gasteiger partial charge in [-0.1, -0.05) is 48.5 Å². The van der Waals surface area contributed by atoms with E-state index in [9.17, 15) is 28.8 Å². The Bertz CT molecular complexity index is 1830. The summed E-state index contributed by atoms with van der Waals surface area (Å²) >= 11 is 0. The van der Waals surface area contributed by atoms with Gasteiger partial charge in [-0.3, -0.25) is 28.8 Å². The SMILES string of the molecule is NC(=O)CNC(=O)C(Cc1ccccc1)NC(=O)CN1CCC(NC(=O)C(Cc2c[nH]c3ccccc23)NC(=O)C(N)Cc2cnc[nH]2)C1=O. The van der Waals surface area contributed by atoms with Gasteiger partial charge in [0.1, 0.15) is 18.1 Å². The summed E-state index contributed by atoms with van der Waals surface area (Å²) in [5.41, 5.74) is 14.4. The molecular weight excluding hydrogens is 644 g/mol. The van der Waals surface area contributed by atoms with Gasteiger partial charge in [-0.15, -0.1) is 0 Å². The molecule has 262 valence electrons. The minimum absolute atomic E-state index is 0.117. The molecule has 5 rings (SSSR count). The number of carbonyl (C=O) groups excluding carboxylic acids is 6. The Hall–Kier alpha value is -6.03. The Morgan fingerprint density at radius 2 is 1.64 bits per heavy atom. The monoisotopic (exact) mass is 684 g/mol. The molecule has 0 spiro atoms. The van der Waals surface area contributed by atoms with E-state index in [0.717, 1.165) is 22.0 Å². The number of rotatable bonds is 16. The van der Waals surface area contributed by atoms with Gasteiger partial charge >= 0.3 is 0 Å². The minimum atomic E-state index is -1.07. The molecule has 16 heteroatoms. The summed E-state index contributed by atoms with van der Waals surface area (Å²) in [6.07, 6.45) is 5.45. The zero-order valence-corrected chi connectivity index (χ0v) is 27.2. The fourth-order valence-electron chi connectivity index (χ4n) is 5.81. The lowest BCUT2D eigenvalue weighted by Crippen LogP contribution is -2.55. The first kappa shape index (κ1) is 35.3. The number of benzene rings is 2. The number of aromatic nitrogens is 3. The number of nitrogens with two attached hydrogens (primary N) is 2. The lowest BCUT2D eigenvalue weighted by atomic mass is 10.0. The van der Waals surface area contributed by atoms with Crippen molar-refractivity contribution >= 4 is 46.3 Å². The van der Waals surface area contributed by atoms with Gasteiger partial charge in [-0.05, 0) is 23.6 Å². The van der Waals surface area contributed by atoms with Gasteiger partial charge in [-0.25, -0.2) is 4.98 Å². The van der Waals surface area contributed by atoms with Crippen molar-refractivity contribution in [3.05, 3.63) is 90.1 Å². The van der Waals surface area contributed by atoms with Crippen LogP contribution in [0.5, 0.6) is 0 Å². The number of hydrogen-bond donors (Lipinski definition) is 8. The standard InChI is InChI=1S/C34H40N10O6/c35-24(14-22-16-37-19-40-22)31(47)43-28(13-21-15-38-25-9-5-4-8-23(21)25)33(49)42-26-10-11-44(34(26)50)18-30(46)41-27(32(48)39-17-29(36)45)12-20-6-2-1-3-7-20/h1-9,15-16,19,24,26-28,38H,10-14,17-18,35H2,(H2,36,45)(H,37,40)(H,39,48)(H,41,46)(H,42,49)(H,43,47). The third-order valence-electron chi connectivity index (χ3n) is 8.38. The summed E-state index contributed by atoms with van der Waals surface area (Å²) in [5.74, 6) is -3.57. The van der Waals surface area contributed by atoms with Crippen LogP contribution in [0, 0.1) is 0 Å². The maximum atomic E-state index is 13.7. The van der Waals surface area contributed by atoms with Crippen molar-refractivity contribution in [2.45, 2.75) is 49.9 Å². The van der Waals surface area contributed by atoms with Crippen LogP contribution >= 0.6 is 0 Å². The van der Waals surface area contributed by atoms with Crippen LogP contribution in [0.2, 0.25) is 0 Å².